The number of ether oxygens (including phenoxy) is 1. The molecule has 0 amide bonds. The SMILES string of the molecule is C=CCCCCC1CC2(CC(=O)O1)SCCS2. The number of esters is 1. The normalized spacial score (nSPS) is 27.1. The van der Waals surface area contributed by atoms with Crippen LogP contribution in [0, 0.1) is 0 Å². The number of cyclic esters (lactones) is 1. The van der Waals surface area contributed by atoms with E-state index < -0.39 is 0 Å². The number of carbonyl (C=O) groups excluding carboxylic acids is 1. The Bertz CT molecular complexity index is 285. The zero-order valence-electron chi connectivity index (χ0n) is 10.2. The van der Waals surface area contributed by atoms with Crippen molar-refractivity contribution in [1.82, 2.24) is 0 Å². The number of hydrogen-bond acceptors (Lipinski definition) is 4. The Labute approximate surface area is 112 Å². The Kier molecular flexibility index (Phi) is 4.86. The van der Waals surface area contributed by atoms with Crippen LogP contribution < -0.4 is 0 Å². The first kappa shape index (κ1) is 13.3. The summed E-state index contributed by atoms with van der Waals surface area (Å²) in [5.74, 6) is 2.37. The highest BCUT2D eigenvalue weighted by Gasteiger charge is 2.44. The van der Waals surface area contributed by atoms with Gasteiger partial charge in [-0.1, -0.05) is 6.08 Å². The molecule has 2 nitrogen and oxygen atoms in total. The molecule has 0 aromatic rings. The lowest BCUT2D eigenvalue weighted by molar-refractivity contribution is -0.154. The lowest BCUT2D eigenvalue weighted by Gasteiger charge is -2.35. The van der Waals surface area contributed by atoms with Gasteiger partial charge in [-0.25, -0.2) is 0 Å². The molecule has 2 heterocycles. The van der Waals surface area contributed by atoms with Gasteiger partial charge in [0.1, 0.15) is 6.10 Å². The van der Waals surface area contributed by atoms with Crippen molar-refractivity contribution in [3.05, 3.63) is 12.7 Å². The van der Waals surface area contributed by atoms with Gasteiger partial charge >= 0.3 is 5.97 Å². The summed E-state index contributed by atoms with van der Waals surface area (Å²) < 4.78 is 5.61. The molecular formula is C13H20O2S2. The van der Waals surface area contributed by atoms with E-state index in [1.807, 2.05) is 29.6 Å². The summed E-state index contributed by atoms with van der Waals surface area (Å²) in [6.45, 7) is 3.72. The summed E-state index contributed by atoms with van der Waals surface area (Å²) in [6.07, 6.45) is 8.13. The highest BCUT2D eigenvalue weighted by Crippen LogP contribution is 2.52. The van der Waals surface area contributed by atoms with Crippen LogP contribution in [-0.2, 0) is 9.53 Å². The Morgan fingerprint density at radius 2 is 2.18 bits per heavy atom. The molecule has 0 radical (unpaired) electrons. The molecule has 0 bridgehead atoms. The quantitative estimate of drug-likeness (QED) is 0.434. The average Bonchev–Trinajstić information content (AvgIpc) is 2.71. The van der Waals surface area contributed by atoms with Gasteiger partial charge in [-0.15, -0.1) is 30.1 Å². The van der Waals surface area contributed by atoms with E-state index >= 15 is 0 Å². The molecule has 0 aromatic carbocycles. The van der Waals surface area contributed by atoms with Crippen molar-refractivity contribution < 1.29 is 9.53 Å². The summed E-state index contributed by atoms with van der Waals surface area (Å²) >= 11 is 3.93. The van der Waals surface area contributed by atoms with E-state index in [2.05, 4.69) is 6.58 Å². The van der Waals surface area contributed by atoms with Gasteiger partial charge in [0.15, 0.2) is 0 Å². The molecule has 96 valence electrons. The van der Waals surface area contributed by atoms with Gasteiger partial charge in [-0.2, -0.15) is 0 Å². The van der Waals surface area contributed by atoms with E-state index in [4.69, 9.17) is 4.74 Å². The lowest BCUT2D eigenvalue weighted by Crippen LogP contribution is -2.37. The van der Waals surface area contributed by atoms with Crippen LogP contribution in [0.5, 0.6) is 0 Å². The molecule has 2 saturated heterocycles. The van der Waals surface area contributed by atoms with Crippen LogP contribution in [0.3, 0.4) is 0 Å². The molecular weight excluding hydrogens is 252 g/mol. The molecule has 2 rings (SSSR count). The lowest BCUT2D eigenvalue weighted by atomic mass is 10.0. The zero-order chi connectivity index (χ0) is 12.1. The topological polar surface area (TPSA) is 26.3 Å². The van der Waals surface area contributed by atoms with Gasteiger partial charge in [-0.3, -0.25) is 4.79 Å². The van der Waals surface area contributed by atoms with Crippen molar-refractivity contribution in [2.75, 3.05) is 11.5 Å². The van der Waals surface area contributed by atoms with Crippen LogP contribution in [0.25, 0.3) is 0 Å². The van der Waals surface area contributed by atoms with Crippen LogP contribution >= 0.6 is 23.5 Å². The average molecular weight is 272 g/mol. The molecule has 2 aliphatic heterocycles. The number of rotatable bonds is 5. The summed E-state index contributed by atoms with van der Waals surface area (Å²) in [7, 11) is 0. The zero-order valence-corrected chi connectivity index (χ0v) is 11.8. The van der Waals surface area contributed by atoms with E-state index in [9.17, 15) is 4.79 Å². The van der Waals surface area contributed by atoms with Crippen molar-refractivity contribution in [3.63, 3.8) is 0 Å². The maximum Gasteiger partial charge on any atom is 0.308 e. The predicted molar refractivity (Wildman–Crippen MR) is 75.4 cm³/mol. The number of allylic oxidation sites excluding steroid dienone is 1. The molecule has 0 aliphatic carbocycles. The molecule has 1 spiro atoms. The van der Waals surface area contributed by atoms with Gasteiger partial charge in [0, 0.05) is 17.9 Å². The largest absolute Gasteiger partial charge is 0.462 e. The van der Waals surface area contributed by atoms with Crippen LogP contribution in [0.2, 0.25) is 0 Å². The van der Waals surface area contributed by atoms with Crippen LogP contribution in [0.15, 0.2) is 12.7 Å². The summed E-state index contributed by atoms with van der Waals surface area (Å²) in [5, 5.41) is 0. The van der Waals surface area contributed by atoms with Crippen molar-refractivity contribution in [1.29, 1.82) is 0 Å². The first-order chi connectivity index (χ1) is 8.24. The Morgan fingerprint density at radius 3 is 2.88 bits per heavy atom. The molecule has 0 saturated carbocycles. The Hall–Kier alpha value is -0.0900. The maximum absolute atomic E-state index is 11.7. The fourth-order valence-corrected chi connectivity index (χ4v) is 5.74. The highest BCUT2D eigenvalue weighted by atomic mass is 32.2. The van der Waals surface area contributed by atoms with Gasteiger partial charge in [-0.05, 0) is 25.7 Å². The molecule has 17 heavy (non-hydrogen) atoms. The van der Waals surface area contributed by atoms with E-state index in [1.54, 1.807) is 0 Å². The summed E-state index contributed by atoms with van der Waals surface area (Å²) in [5.41, 5.74) is 0. The molecule has 1 atom stereocenters. The minimum Gasteiger partial charge on any atom is -0.462 e. The fourth-order valence-electron chi connectivity index (χ4n) is 2.45. The van der Waals surface area contributed by atoms with Crippen LogP contribution in [0.1, 0.15) is 38.5 Å². The maximum atomic E-state index is 11.7. The Balaban J connectivity index is 1.81. The van der Waals surface area contributed by atoms with Crippen molar-refractivity contribution >= 4 is 29.5 Å². The standard InChI is InChI=1S/C13H20O2S2/c1-2-3-4-5-6-11-9-13(10-12(14)15-11)16-7-8-17-13/h2,11H,1,3-10H2. The number of thioether (sulfide) groups is 2. The monoisotopic (exact) mass is 272 g/mol. The van der Waals surface area contributed by atoms with Crippen molar-refractivity contribution in [3.8, 4) is 0 Å². The minimum absolute atomic E-state index is 0.00636. The van der Waals surface area contributed by atoms with E-state index in [1.165, 1.54) is 11.5 Å². The number of unbranched alkanes of at least 4 members (excludes halogenated alkanes) is 2. The van der Waals surface area contributed by atoms with Gasteiger partial charge in [0.25, 0.3) is 0 Å². The first-order valence-electron chi connectivity index (χ1n) is 6.32. The van der Waals surface area contributed by atoms with Crippen molar-refractivity contribution in [2.24, 2.45) is 0 Å². The minimum atomic E-state index is 0.00636. The second-order valence-electron chi connectivity index (χ2n) is 4.67. The van der Waals surface area contributed by atoms with Crippen LogP contribution in [-0.4, -0.2) is 27.7 Å². The van der Waals surface area contributed by atoms with E-state index in [0.717, 1.165) is 32.1 Å². The third kappa shape index (κ3) is 3.68. The summed E-state index contributed by atoms with van der Waals surface area (Å²) in [6, 6.07) is 0. The predicted octanol–water partition coefficient (Wildman–Crippen LogP) is 3.61. The number of carbonyl (C=O) groups is 1. The van der Waals surface area contributed by atoms with Gasteiger partial charge < -0.3 is 4.74 Å². The van der Waals surface area contributed by atoms with Crippen molar-refractivity contribution in [2.45, 2.75) is 48.7 Å². The van der Waals surface area contributed by atoms with Gasteiger partial charge in [0.2, 0.25) is 0 Å². The van der Waals surface area contributed by atoms with Gasteiger partial charge in [0.05, 0.1) is 10.5 Å². The smallest absolute Gasteiger partial charge is 0.308 e. The number of hydrogen-bond donors (Lipinski definition) is 0. The third-order valence-electron chi connectivity index (χ3n) is 3.25. The second kappa shape index (κ2) is 6.19. The molecule has 2 fully saturated rings. The molecule has 2 aliphatic rings. The third-order valence-corrected chi connectivity index (χ3v) is 6.70. The second-order valence-corrected chi connectivity index (χ2v) is 7.89. The summed E-state index contributed by atoms with van der Waals surface area (Å²) in [4.78, 5) is 11.7. The molecule has 0 N–H and O–H groups in total. The van der Waals surface area contributed by atoms with E-state index in [0.29, 0.717) is 6.42 Å². The highest BCUT2D eigenvalue weighted by molar-refractivity contribution is 8.21. The molecule has 1 unspecified atom stereocenters. The fraction of sp³-hybridized carbons (Fsp3) is 0.769. The molecule has 0 aromatic heterocycles. The molecule has 4 heteroatoms. The first-order valence-corrected chi connectivity index (χ1v) is 8.29. The van der Waals surface area contributed by atoms with Crippen LogP contribution in [0.4, 0.5) is 0 Å². The Morgan fingerprint density at radius 1 is 1.41 bits per heavy atom. The van der Waals surface area contributed by atoms with E-state index in [-0.39, 0.29) is 16.2 Å².